The highest BCUT2D eigenvalue weighted by atomic mass is 79.9. The van der Waals surface area contributed by atoms with Crippen LogP contribution in [0.3, 0.4) is 0 Å². The molecule has 1 aliphatic rings. The highest BCUT2D eigenvalue weighted by Crippen LogP contribution is 2.30. The first kappa shape index (κ1) is 13.1. The molecule has 3 nitrogen and oxygen atoms in total. The van der Waals surface area contributed by atoms with Crippen LogP contribution in [-0.4, -0.2) is 18.9 Å². The number of hydrogen-bond acceptors (Lipinski definition) is 3. The summed E-state index contributed by atoms with van der Waals surface area (Å²) >= 11 is 3.41. The molecule has 1 fully saturated rings. The maximum Gasteiger partial charge on any atom is 0.133 e. The molecule has 94 valence electrons. The van der Waals surface area contributed by atoms with E-state index in [4.69, 9.17) is 0 Å². The molecule has 2 rings (SSSR count). The fourth-order valence-corrected chi connectivity index (χ4v) is 2.87. The molecule has 1 aromatic rings. The molecule has 0 aromatic heterocycles. The molecule has 0 amide bonds. The van der Waals surface area contributed by atoms with Gasteiger partial charge in [0.05, 0.1) is 11.3 Å². The SMILES string of the molecule is CN(c1cccc(Br)c1C#N)C1CCC(=O)CC1. The van der Waals surface area contributed by atoms with E-state index >= 15 is 0 Å². The fourth-order valence-electron chi connectivity index (χ4n) is 2.43. The van der Waals surface area contributed by atoms with Crippen molar-refractivity contribution < 1.29 is 4.79 Å². The van der Waals surface area contributed by atoms with Gasteiger partial charge in [-0.2, -0.15) is 5.26 Å². The Bertz CT molecular complexity index is 497. The number of anilines is 1. The number of Topliss-reactive ketones (excluding diaryl/α,β-unsaturated/α-hetero) is 1. The van der Waals surface area contributed by atoms with Crippen molar-refractivity contribution in [2.45, 2.75) is 31.7 Å². The number of hydrogen-bond donors (Lipinski definition) is 0. The normalized spacial score (nSPS) is 16.4. The number of benzene rings is 1. The summed E-state index contributed by atoms with van der Waals surface area (Å²) in [5.41, 5.74) is 1.60. The van der Waals surface area contributed by atoms with Crippen molar-refractivity contribution >= 4 is 27.4 Å². The summed E-state index contributed by atoms with van der Waals surface area (Å²) in [6.45, 7) is 0. The van der Waals surface area contributed by atoms with Gasteiger partial charge in [-0.15, -0.1) is 0 Å². The lowest BCUT2D eigenvalue weighted by atomic mass is 9.93. The maximum absolute atomic E-state index is 11.3. The van der Waals surface area contributed by atoms with Crippen LogP contribution in [0.5, 0.6) is 0 Å². The van der Waals surface area contributed by atoms with E-state index in [-0.39, 0.29) is 0 Å². The second-order valence-electron chi connectivity index (χ2n) is 4.63. The number of rotatable bonds is 2. The van der Waals surface area contributed by atoms with E-state index in [1.807, 2.05) is 25.2 Å². The van der Waals surface area contributed by atoms with Crippen molar-refractivity contribution in [3.05, 3.63) is 28.2 Å². The van der Waals surface area contributed by atoms with Crippen LogP contribution in [0.4, 0.5) is 5.69 Å². The van der Waals surface area contributed by atoms with E-state index in [0.717, 1.165) is 23.0 Å². The number of carbonyl (C=O) groups is 1. The van der Waals surface area contributed by atoms with Gasteiger partial charge in [-0.1, -0.05) is 6.07 Å². The topological polar surface area (TPSA) is 44.1 Å². The summed E-state index contributed by atoms with van der Waals surface area (Å²) in [6.07, 6.45) is 3.08. The Labute approximate surface area is 116 Å². The number of ketones is 1. The van der Waals surface area contributed by atoms with Gasteiger partial charge in [0, 0.05) is 30.4 Å². The second-order valence-corrected chi connectivity index (χ2v) is 5.48. The smallest absolute Gasteiger partial charge is 0.133 e. The number of carbonyl (C=O) groups excluding carboxylic acids is 1. The van der Waals surface area contributed by atoms with Crippen LogP contribution in [0.25, 0.3) is 0 Å². The fraction of sp³-hybridized carbons (Fsp3) is 0.429. The summed E-state index contributed by atoms with van der Waals surface area (Å²) in [7, 11) is 2.00. The van der Waals surface area contributed by atoms with E-state index in [0.29, 0.717) is 30.2 Å². The first-order valence-corrected chi connectivity index (χ1v) is 6.86. The molecule has 1 aromatic carbocycles. The van der Waals surface area contributed by atoms with Crippen LogP contribution in [0, 0.1) is 11.3 Å². The zero-order chi connectivity index (χ0) is 13.1. The van der Waals surface area contributed by atoms with Crippen LogP contribution in [0.1, 0.15) is 31.2 Å². The Hall–Kier alpha value is -1.34. The Balaban J connectivity index is 2.24. The summed E-state index contributed by atoms with van der Waals surface area (Å²) in [6, 6.07) is 8.36. The molecule has 0 aliphatic heterocycles. The van der Waals surface area contributed by atoms with Crippen molar-refractivity contribution in [3.63, 3.8) is 0 Å². The standard InChI is InChI=1S/C14H15BrN2O/c1-17(10-5-7-11(18)8-6-10)14-4-2-3-13(15)12(14)9-16/h2-4,10H,5-8H2,1H3. The van der Waals surface area contributed by atoms with Crippen LogP contribution in [-0.2, 0) is 4.79 Å². The van der Waals surface area contributed by atoms with Crippen molar-refractivity contribution in [1.82, 2.24) is 0 Å². The molecule has 18 heavy (non-hydrogen) atoms. The summed E-state index contributed by atoms with van der Waals surface area (Å²) in [5, 5.41) is 9.23. The van der Waals surface area contributed by atoms with Gasteiger partial charge in [-0.25, -0.2) is 0 Å². The van der Waals surface area contributed by atoms with Gasteiger partial charge in [0.1, 0.15) is 11.9 Å². The third kappa shape index (κ3) is 2.56. The van der Waals surface area contributed by atoms with E-state index in [1.165, 1.54) is 0 Å². The van der Waals surface area contributed by atoms with E-state index in [2.05, 4.69) is 26.9 Å². The van der Waals surface area contributed by atoms with Crippen molar-refractivity contribution in [1.29, 1.82) is 5.26 Å². The Morgan fingerprint density at radius 2 is 2.06 bits per heavy atom. The van der Waals surface area contributed by atoms with Gasteiger partial charge < -0.3 is 4.90 Å². The first-order valence-electron chi connectivity index (χ1n) is 6.06. The van der Waals surface area contributed by atoms with Crippen molar-refractivity contribution in [3.8, 4) is 6.07 Å². The van der Waals surface area contributed by atoms with Crippen LogP contribution in [0.2, 0.25) is 0 Å². The lowest BCUT2D eigenvalue weighted by molar-refractivity contribution is -0.120. The molecular formula is C14H15BrN2O. The van der Waals surface area contributed by atoms with Gasteiger partial charge in [0.2, 0.25) is 0 Å². The zero-order valence-electron chi connectivity index (χ0n) is 10.3. The molecule has 0 bridgehead atoms. The predicted octanol–water partition coefficient (Wildman–Crippen LogP) is 3.27. The van der Waals surface area contributed by atoms with Gasteiger partial charge in [0.15, 0.2) is 0 Å². The lowest BCUT2D eigenvalue weighted by Gasteiger charge is -2.33. The van der Waals surface area contributed by atoms with Gasteiger partial charge in [-0.3, -0.25) is 4.79 Å². The molecule has 0 saturated heterocycles. The lowest BCUT2D eigenvalue weighted by Crippen LogP contribution is -2.35. The number of halogens is 1. The monoisotopic (exact) mass is 306 g/mol. The largest absolute Gasteiger partial charge is 0.370 e. The van der Waals surface area contributed by atoms with Gasteiger partial charge in [0.25, 0.3) is 0 Å². The number of nitrogens with zero attached hydrogens (tertiary/aromatic N) is 2. The zero-order valence-corrected chi connectivity index (χ0v) is 11.9. The quantitative estimate of drug-likeness (QED) is 0.842. The molecule has 0 atom stereocenters. The predicted molar refractivity (Wildman–Crippen MR) is 74.5 cm³/mol. The first-order chi connectivity index (χ1) is 8.63. The minimum Gasteiger partial charge on any atom is -0.370 e. The highest BCUT2D eigenvalue weighted by molar-refractivity contribution is 9.10. The molecule has 0 radical (unpaired) electrons. The molecule has 0 N–H and O–H groups in total. The molecule has 0 heterocycles. The molecule has 1 saturated carbocycles. The average Bonchev–Trinajstić information content (AvgIpc) is 2.38. The van der Waals surface area contributed by atoms with E-state index in [1.54, 1.807) is 0 Å². The minimum atomic E-state index is 0.351. The third-order valence-corrected chi connectivity index (χ3v) is 4.20. The van der Waals surface area contributed by atoms with Crippen LogP contribution < -0.4 is 4.90 Å². The van der Waals surface area contributed by atoms with Crippen LogP contribution in [0.15, 0.2) is 22.7 Å². The summed E-state index contributed by atoms with van der Waals surface area (Å²) < 4.78 is 0.821. The molecule has 4 heteroatoms. The third-order valence-electron chi connectivity index (χ3n) is 3.54. The van der Waals surface area contributed by atoms with Crippen molar-refractivity contribution in [2.24, 2.45) is 0 Å². The summed E-state index contributed by atoms with van der Waals surface area (Å²) in [5.74, 6) is 0.356. The molecule has 0 unspecified atom stereocenters. The summed E-state index contributed by atoms with van der Waals surface area (Å²) in [4.78, 5) is 13.4. The van der Waals surface area contributed by atoms with Gasteiger partial charge >= 0.3 is 0 Å². The Kier molecular flexibility index (Phi) is 4.03. The second kappa shape index (κ2) is 5.53. The maximum atomic E-state index is 11.3. The average molecular weight is 307 g/mol. The molecule has 0 spiro atoms. The van der Waals surface area contributed by atoms with E-state index < -0.39 is 0 Å². The van der Waals surface area contributed by atoms with Crippen molar-refractivity contribution in [2.75, 3.05) is 11.9 Å². The highest BCUT2D eigenvalue weighted by Gasteiger charge is 2.24. The van der Waals surface area contributed by atoms with Gasteiger partial charge in [-0.05, 0) is 40.9 Å². The molecule has 1 aliphatic carbocycles. The Morgan fingerprint density at radius 1 is 1.39 bits per heavy atom. The minimum absolute atomic E-state index is 0.351. The molecular weight excluding hydrogens is 292 g/mol. The number of nitriles is 1. The van der Waals surface area contributed by atoms with E-state index in [9.17, 15) is 10.1 Å². The van der Waals surface area contributed by atoms with Crippen LogP contribution >= 0.6 is 15.9 Å². The Morgan fingerprint density at radius 3 is 2.67 bits per heavy atom.